The van der Waals surface area contributed by atoms with E-state index in [0.717, 1.165) is 31.6 Å². The second-order valence-electron chi connectivity index (χ2n) is 4.43. The van der Waals surface area contributed by atoms with Crippen molar-refractivity contribution in [1.29, 1.82) is 5.41 Å². The molecule has 7 heteroatoms. The monoisotopic (exact) mass is 239 g/mol. The van der Waals surface area contributed by atoms with Crippen LogP contribution in [0.5, 0.6) is 0 Å². The molecular formula is C10H17N5O2. The summed E-state index contributed by atoms with van der Waals surface area (Å²) < 4.78 is 0. The van der Waals surface area contributed by atoms with E-state index in [1.165, 1.54) is 0 Å². The van der Waals surface area contributed by atoms with Gasteiger partial charge in [0.15, 0.2) is 5.96 Å². The Kier molecular flexibility index (Phi) is 3.16. The zero-order valence-electron chi connectivity index (χ0n) is 9.56. The third-order valence-electron chi connectivity index (χ3n) is 3.32. The number of hydrogen-bond acceptors (Lipinski definition) is 4. The van der Waals surface area contributed by atoms with Crippen molar-refractivity contribution in [2.24, 2.45) is 22.5 Å². The number of nitrogens with two attached hydrogens (primary N) is 2. The highest BCUT2D eigenvalue weighted by Crippen LogP contribution is 2.24. The van der Waals surface area contributed by atoms with Crippen LogP contribution in [0.2, 0.25) is 0 Å². The molecule has 7 nitrogen and oxygen atoms in total. The summed E-state index contributed by atoms with van der Waals surface area (Å²) in [7, 11) is 0. The molecule has 1 unspecified atom stereocenters. The van der Waals surface area contributed by atoms with Crippen LogP contribution in [0.25, 0.3) is 0 Å². The maximum Gasteiger partial charge on any atom is 0.261 e. The Morgan fingerprint density at radius 3 is 2.53 bits per heavy atom. The number of piperidine rings is 1. The number of oxime groups is 1. The van der Waals surface area contributed by atoms with Crippen LogP contribution in [-0.4, -0.2) is 41.7 Å². The van der Waals surface area contributed by atoms with E-state index in [1.807, 2.05) is 4.90 Å². The molecular weight excluding hydrogens is 222 g/mol. The minimum Gasteiger partial charge on any atom is -0.382 e. The van der Waals surface area contributed by atoms with E-state index in [4.69, 9.17) is 21.7 Å². The minimum absolute atomic E-state index is 0.114. The molecule has 0 aliphatic carbocycles. The van der Waals surface area contributed by atoms with Crippen molar-refractivity contribution >= 4 is 17.6 Å². The number of likely N-dealkylation sites (tertiary alicyclic amines) is 1. The fraction of sp³-hybridized carbons (Fsp3) is 0.700. The van der Waals surface area contributed by atoms with Crippen LogP contribution in [0.4, 0.5) is 0 Å². The van der Waals surface area contributed by atoms with E-state index in [0.29, 0.717) is 12.3 Å². The van der Waals surface area contributed by atoms with Crippen molar-refractivity contribution in [2.45, 2.75) is 25.4 Å². The second-order valence-corrected chi connectivity index (χ2v) is 4.43. The highest BCUT2D eigenvalue weighted by molar-refractivity contribution is 5.93. The summed E-state index contributed by atoms with van der Waals surface area (Å²) in [6.45, 7) is 1.50. The number of carbonyl (C=O) groups is 1. The fourth-order valence-electron chi connectivity index (χ4n) is 2.24. The standard InChI is InChI=1S/C10H17N5O2/c11-9(16)8-5-7(14-17-8)6-1-3-15(4-2-6)10(12)13/h6,8H,1-5H2,(H2,11,16)(H3,12,13). The number of nitrogens with one attached hydrogen (secondary N) is 1. The van der Waals surface area contributed by atoms with Crippen LogP contribution >= 0.6 is 0 Å². The third-order valence-corrected chi connectivity index (χ3v) is 3.32. The minimum atomic E-state index is -0.601. The quantitative estimate of drug-likeness (QED) is 0.432. The zero-order valence-corrected chi connectivity index (χ0v) is 9.56. The number of carbonyl (C=O) groups excluding carboxylic acids is 1. The van der Waals surface area contributed by atoms with E-state index >= 15 is 0 Å². The summed E-state index contributed by atoms with van der Waals surface area (Å²) in [6.07, 6.45) is 1.66. The summed E-state index contributed by atoms with van der Waals surface area (Å²) in [4.78, 5) is 17.8. The summed E-state index contributed by atoms with van der Waals surface area (Å²) in [5.74, 6) is -0.0389. The van der Waals surface area contributed by atoms with Gasteiger partial charge in [0, 0.05) is 25.4 Å². The van der Waals surface area contributed by atoms with Gasteiger partial charge >= 0.3 is 0 Å². The molecule has 94 valence electrons. The number of primary amides is 1. The number of nitrogens with zero attached hydrogens (tertiary/aromatic N) is 2. The van der Waals surface area contributed by atoms with Gasteiger partial charge < -0.3 is 21.2 Å². The van der Waals surface area contributed by atoms with Crippen LogP contribution in [0.1, 0.15) is 19.3 Å². The van der Waals surface area contributed by atoms with Gasteiger partial charge in [0.2, 0.25) is 6.10 Å². The van der Waals surface area contributed by atoms with Crippen LogP contribution in [0, 0.1) is 11.3 Å². The smallest absolute Gasteiger partial charge is 0.261 e. The molecule has 1 amide bonds. The summed E-state index contributed by atoms with van der Waals surface area (Å²) in [6, 6.07) is 0. The van der Waals surface area contributed by atoms with Gasteiger partial charge in [0.25, 0.3) is 5.91 Å². The number of hydrogen-bond donors (Lipinski definition) is 3. The lowest BCUT2D eigenvalue weighted by molar-refractivity contribution is -0.127. The Bertz CT molecular complexity index is 360. The first-order valence-corrected chi connectivity index (χ1v) is 5.69. The predicted molar refractivity (Wildman–Crippen MR) is 62.3 cm³/mol. The fourth-order valence-corrected chi connectivity index (χ4v) is 2.24. The zero-order chi connectivity index (χ0) is 12.4. The topological polar surface area (TPSA) is 118 Å². The van der Waals surface area contributed by atoms with E-state index in [1.54, 1.807) is 0 Å². The van der Waals surface area contributed by atoms with Gasteiger partial charge in [-0.15, -0.1) is 0 Å². The first kappa shape index (κ1) is 11.7. The maximum atomic E-state index is 10.9. The molecule has 1 saturated heterocycles. The Labute approximate surface area is 99.3 Å². The molecule has 2 aliphatic rings. The summed E-state index contributed by atoms with van der Waals surface area (Å²) in [5.41, 5.74) is 11.5. The lowest BCUT2D eigenvalue weighted by Gasteiger charge is -2.31. The van der Waals surface area contributed by atoms with Gasteiger partial charge in [0.05, 0.1) is 5.71 Å². The lowest BCUT2D eigenvalue weighted by Crippen LogP contribution is -2.43. The van der Waals surface area contributed by atoms with Crippen molar-refractivity contribution in [3.8, 4) is 0 Å². The molecule has 0 saturated carbocycles. The molecule has 2 rings (SSSR count). The molecule has 2 aliphatic heterocycles. The molecule has 17 heavy (non-hydrogen) atoms. The number of amides is 1. The number of guanidine groups is 1. The Morgan fingerprint density at radius 1 is 1.41 bits per heavy atom. The third kappa shape index (κ3) is 2.48. The van der Waals surface area contributed by atoms with Crippen LogP contribution in [-0.2, 0) is 9.63 Å². The average Bonchev–Trinajstić information content (AvgIpc) is 2.78. The van der Waals surface area contributed by atoms with E-state index in [9.17, 15) is 4.79 Å². The molecule has 0 aromatic rings. The first-order chi connectivity index (χ1) is 8.08. The summed E-state index contributed by atoms with van der Waals surface area (Å²) in [5, 5.41) is 11.3. The van der Waals surface area contributed by atoms with Gasteiger partial charge in [-0.05, 0) is 12.8 Å². The highest BCUT2D eigenvalue weighted by Gasteiger charge is 2.32. The van der Waals surface area contributed by atoms with Crippen LogP contribution in [0.15, 0.2) is 5.16 Å². The van der Waals surface area contributed by atoms with Crippen molar-refractivity contribution in [2.75, 3.05) is 13.1 Å². The van der Waals surface area contributed by atoms with Crippen molar-refractivity contribution in [3.63, 3.8) is 0 Å². The maximum absolute atomic E-state index is 10.9. The van der Waals surface area contributed by atoms with Crippen molar-refractivity contribution < 1.29 is 9.63 Å². The van der Waals surface area contributed by atoms with Gasteiger partial charge in [-0.1, -0.05) is 5.16 Å². The van der Waals surface area contributed by atoms with Gasteiger partial charge in [-0.25, -0.2) is 0 Å². The normalized spacial score (nSPS) is 25.3. The van der Waals surface area contributed by atoms with Crippen LogP contribution in [0.3, 0.4) is 0 Å². The number of rotatable bonds is 2. The van der Waals surface area contributed by atoms with Gasteiger partial charge in [-0.2, -0.15) is 0 Å². The van der Waals surface area contributed by atoms with E-state index in [-0.39, 0.29) is 5.96 Å². The molecule has 0 spiro atoms. The molecule has 0 aromatic heterocycles. The Morgan fingerprint density at radius 2 is 2.06 bits per heavy atom. The molecule has 0 radical (unpaired) electrons. The average molecular weight is 239 g/mol. The second kappa shape index (κ2) is 4.60. The summed E-state index contributed by atoms with van der Waals surface area (Å²) >= 11 is 0. The Hall–Kier alpha value is -1.79. The first-order valence-electron chi connectivity index (χ1n) is 5.69. The molecule has 1 fully saturated rings. The molecule has 5 N–H and O–H groups in total. The molecule has 0 aromatic carbocycles. The SMILES string of the molecule is N=C(N)N1CCC(C2=NOC(C(N)=O)C2)CC1. The van der Waals surface area contributed by atoms with Gasteiger partial charge in [0.1, 0.15) is 0 Å². The van der Waals surface area contributed by atoms with Crippen molar-refractivity contribution in [3.05, 3.63) is 0 Å². The molecule has 0 bridgehead atoms. The largest absolute Gasteiger partial charge is 0.382 e. The lowest BCUT2D eigenvalue weighted by atomic mass is 9.89. The van der Waals surface area contributed by atoms with E-state index in [2.05, 4.69) is 5.16 Å². The van der Waals surface area contributed by atoms with Crippen LogP contribution < -0.4 is 11.5 Å². The van der Waals surface area contributed by atoms with E-state index < -0.39 is 12.0 Å². The predicted octanol–water partition coefficient (Wildman–Crippen LogP) is -0.778. The highest BCUT2D eigenvalue weighted by atomic mass is 16.6. The molecule has 1 atom stereocenters. The molecule has 2 heterocycles. The van der Waals surface area contributed by atoms with Gasteiger partial charge in [-0.3, -0.25) is 10.2 Å². The van der Waals surface area contributed by atoms with Crippen molar-refractivity contribution in [1.82, 2.24) is 4.90 Å². The Balaban J connectivity index is 1.86.